The Morgan fingerprint density at radius 2 is 1.80 bits per heavy atom. The number of rotatable bonds is 4. The van der Waals surface area contributed by atoms with Crippen molar-refractivity contribution in [2.24, 2.45) is 11.8 Å². The predicted octanol–water partition coefficient (Wildman–Crippen LogP) is 1.91. The van der Waals surface area contributed by atoms with Crippen molar-refractivity contribution in [2.45, 2.75) is 65.2 Å². The summed E-state index contributed by atoms with van der Waals surface area (Å²) in [5, 5.41) is 3.59. The second-order valence-electron chi connectivity index (χ2n) is 7.31. The Labute approximate surface area is 123 Å². The van der Waals surface area contributed by atoms with Crippen molar-refractivity contribution in [1.82, 2.24) is 15.1 Å². The van der Waals surface area contributed by atoms with Crippen LogP contribution in [0, 0.1) is 11.8 Å². The van der Waals surface area contributed by atoms with Gasteiger partial charge in [-0.25, -0.2) is 0 Å². The van der Waals surface area contributed by atoms with Crippen LogP contribution in [0.1, 0.15) is 47.0 Å². The van der Waals surface area contributed by atoms with Crippen LogP contribution in [0.25, 0.3) is 0 Å². The molecule has 1 N–H and O–H groups in total. The number of carbonyl (C=O) groups excluding carboxylic acids is 1. The fourth-order valence-electron chi connectivity index (χ4n) is 3.49. The fraction of sp³-hybridized carbons (Fsp3) is 0.938. The monoisotopic (exact) mass is 281 g/mol. The van der Waals surface area contributed by atoms with Gasteiger partial charge in [-0.3, -0.25) is 10.1 Å². The van der Waals surface area contributed by atoms with E-state index in [-0.39, 0.29) is 12.2 Å². The summed E-state index contributed by atoms with van der Waals surface area (Å²) in [5.74, 6) is 1.31. The van der Waals surface area contributed by atoms with E-state index < -0.39 is 0 Å². The largest absolute Gasteiger partial charge is 0.323 e. The second kappa shape index (κ2) is 6.44. The van der Waals surface area contributed by atoms with Crippen molar-refractivity contribution in [3.05, 3.63) is 0 Å². The number of hydrogen-bond acceptors (Lipinski definition) is 3. The Bertz CT molecular complexity index is 335. The summed E-state index contributed by atoms with van der Waals surface area (Å²) < 4.78 is 0. The summed E-state index contributed by atoms with van der Waals surface area (Å²) in [6, 6.07) is 0.442. The van der Waals surface area contributed by atoms with E-state index in [4.69, 9.17) is 0 Å². The third-order valence-corrected chi connectivity index (χ3v) is 4.67. The van der Waals surface area contributed by atoms with Gasteiger partial charge < -0.3 is 9.80 Å². The van der Waals surface area contributed by atoms with E-state index in [0.717, 1.165) is 32.4 Å². The first-order valence-electron chi connectivity index (χ1n) is 8.17. The summed E-state index contributed by atoms with van der Waals surface area (Å²) in [4.78, 5) is 17.3. The smallest absolute Gasteiger partial charge is 0.241 e. The molecule has 4 nitrogen and oxygen atoms in total. The minimum Gasteiger partial charge on any atom is -0.323 e. The Hall–Kier alpha value is -0.610. The van der Waals surface area contributed by atoms with E-state index in [0.29, 0.717) is 23.8 Å². The van der Waals surface area contributed by atoms with Gasteiger partial charge in [-0.1, -0.05) is 27.7 Å². The van der Waals surface area contributed by atoms with Crippen LogP contribution in [-0.2, 0) is 4.79 Å². The van der Waals surface area contributed by atoms with Gasteiger partial charge in [-0.2, -0.15) is 0 Å². The fourth-order valence-corrected chi connectivity index (χ4v) is 3.49. The molecule has 2 saturated heterocycles. The molecule has 20 heavy (non-hydrogen) atoms. The van der Waals surface area contributed by atoms with Gasteiger partial charge in [0.1, 0.15) is 0 Å². The summed E-state index contributed by atoms with van der Waals surface area (Å²) in [5.41, 5.74) is 0. The lowest BCUT2D eigenvalue weighted by Gasteiger charge is -2.38. The van der Waals surface area contributed by atoms with Crippen molar-refractivity contribution in [3.8, 4) is 0 Å². The zero-order valence-electron chi connectivity index (χ0n) is 13.7. The van der Waals surface area contributed by atoms with E-state index in [1.165, 1.54) is 0 Å². The lowest BCUT2D eigenvalue weighted by molar-refractivity contribution is -0.134. The highest BCUT2D eigenvalue weighted by Crippen LogP contribution is 2.27. The van der Waals surface area contributed by atoms with Gasteiger partial charge in [-0.15, -0.1) is 0 Å². The van der Waals surface area contributed by atoms with Crippen molar-refractivity contribution in [3.63, 3.8) is 0 Å². The standard InChI is InChI=1S/C16H31N3O/c1-11(2)10-14-17-15(12(3)4)16(20)19(14)13-6-8-18(5)9-7-13/h11-15,17H,6-10H2,1-5H3. The molecule has 116 valence electrons. The van der Waals surface area contributed by atoms with Crippen LogP contribution in [0.4, 0.5) is 0 Å². The molecule has 0 saturated carbocycles. The number of likely N-dealkylation sites (tertiary alicyclic amines) is 1. The second-order valence-corrected chi connectivity index (χ2v) is 7.31. The normalized spacial score (nSPS) is 29.9. The number of nitrogens with zero attached hydrogens (tertiary/aromatic N) is 2. The van der Waals surface area contributed by atoms with Crippen LogP contribution in [-0.4, -0.2) is 54.1 Å². The molecule has 0 aromatic rings. The lowest BCUT2D eigenvalue weighted by Crippen LogP contribution is -2.49. The molecule has 0 radical (unpaired) electrons. The first kappa shape index (κ1) is 15.8. The van der Waals surface area contributed by atoms with E-state index in [1.807, 2.05) is 0 Å². The van der Waals surface area contributed by atoms with Gasteiger partial charge in [-0.05, 0) is 51.2 Å². The average molecular weight is 281 g/mol. The van der Waals surface area contributed by atoms with E-state index in [9.17, 15) is 4.79 Å². The molecule has 2 heterocycles. The molecule has 2 aliphatic rings. The molecule has 2 aliphatic heterocycles. The first-order valence-corrected chi connectivity index (χ1v) is 8.17. The molecule has 4 heteroatoms. The van der Waals surface area contributed by atoms with Crippen LogP contribution in [0.2, 0.25) is 0 Å². The van der Waals surface area contributed by atoms with Crippen LogP contribution in [0.5, 0.6) is 0 Å². The molecular formula is C16H31N3O. The van der Waals surface area contributed by atoms with E-state index in [1.54, 1.807) is 0 Å². The Morgan fingerprint density at radius 3 is 2.30 bits per heavy atom. The van der Waals surface area contributed by atoms with Crippen molar-refractivity contribution >= 4 is 5.91 Å². The molecule has 2 atom stereocenters. The average Bonchev–Trinajstić information content (AvgIpc) is 2.67. The zero-order valence-corrected chi connectivity index (χ0v) is 13.7. The number of hydrogen-bond donors (Lipinski definition) is 1. The van der Waals surface area contributed by atoms with Crippen molar-refractivity contribution in [2.75, 3.05) is 20.1 Å². The number of nitrogens with one attached hydrogen (secondary N) is 1. The zero-order chi connectivity index (χ0) is 14.9. The van der Waals surface area contributed by atoms with Crippen LogP contribution in [0.3, 0.4) is 0 Å². The van der Waals surface area contributed by atoms with Gasteiger partial charge >= 0.3 is 0 Å². The molecule has 1 amide bonds. The first-order chi connectivity index (χ1) is 9.40. The van der Waals surface area contributed by atoms with Gasteiger partial charge in [0.15, 0.2) is 0 Å². The Balaban J connectivity index is 2.10. The third-order valence-electron chi connectivity index (χ3n) is 4.67. The number of carbonyl (C=O) groups is 1. The highest BCUT2D eigenvalue weighted by Gasteiger charge is 2.43. The summed E-state index contributed by atoms with van der Waals surface area (Å²) in [6.45, 7) is 11.0. The highest BCUT2D eigenvalue weighted by atomic mass is 16.2. The Kier molecular flexibility index (Phi) is 5.08. The molecule has 0 spiro atoms. The molecule has 0 aromatic heterocycles. The van der Waals surface area contributed by atoms with Gasteiger partial charge in [0, 0.05) is 6.04 Å². The maximum atomic E-state index is 12.8. The molecule has 0 bridgehead atoms. The molecule has 0 aliphatic carbocycles. The summed E-state index contributed by atoms with van der Waals surface area (Å²) in [6.07, 6.45) is 3.52. The minimum atomic E-state index is 0.0124. The van der Waals surface area contributed by atoms with Crippen LogP contribution >= 0.6 is 0 Å². The van der Waals surface area contributed by atoms with Crippen LogP contribution < -0.4 is 5.32 Å². The topological polar surface area (TPSA) is 35.6 Å². The van der Waals surface area contributed by atoms with Crippen molar-refractivity contribution < 1.29 is 4.79 Å². The molecule has 2 unspecified atom stereocenters. The summed E-state index contributed by atoms with van der Waals surface area (Å²) in [7, 11) is 2.17. The lowest BCUT2D eigenvalue weighted by atomic mass is 10.00. The van der Waals surface area contributed by atoms with E-state index >= 15 is 0 Å². The maximum absolute atomic E-state index is 12.8. The van der Waals surface area contributed by atoms with Crippen LogP contribution in [0.15, 0.2) is 0 Å². The quantitative estimate of drug-likeness (QED) is 0.855. The van der Waals surface area contributed by atoms with Gasteiger partial charge in [0.25, 0.3) is 0 Å². The third kappa shape index (κ3) is 3.34. The minimum absolute atomic E-state index is 0.0124. The summed E-state index contributed by atoms with van der Waals surface area (Å²) >= 11 is 0. The Morgan fingerprint density at radius 1 is 1.20 bits per heavy atom. The molecule has 2 fully saturated rings. The molecule has 2 rings (SSSR count). The van der Waals surface area contributed by atoms with Gasteiger partial charge in [0.05, 0.1) is 12.2 Å². The maximum Gasteiger partial charge on any atom is 0.241 e. The number of piperidine rings is 1. The van der Waals surface area contributed by atoms with Gasteiger partial charge in [0.2, 0.25) is 5.91 Å². The highest BCUT2D eigenvalue weighted by molar-refractivity contribution is 5.85. The predicted molar refractivity (Wildman–Crippen MR) is 82.4 cm³/mol. The molecule has 0 aromatic carbocycles. The number of amides is 1. The van der Waals surface area contributed by atoms with E-state index in [2.05, 4.69) is 49.9 Å². The van der Waals surface area contributed by atoms with Crippen molar-refractivity contribution in [1.29, 1.82) is 0 Å². The molecular weight excluding hydrogens is 250 g/mol. The SMILES string of the molecule is CC(C)CC1NC(C(C)C)C(=O)N1C1CCN(C)CC1.